The lowest BCUT2D eigenvalue weighted by Crippen LogP contribution is -2.67. The highest BCUT2D eigenvalue weighted by Gasteiger charge is 2.74. The lowest BCUT2D eigenvalue weighted by molar-refractivity contribution is -0.181. The number of ether oxygens (including phenoxy) is 3. The lowest BCUT2D eigenvalue weighted by atomic mass is 9.32. The Bertz CT molecular complexity index is 1560. The van der Waals surface area contributed by atoms with Gasteiger partial charge in [0.25, 0.3) is 0 Å². The number of hydrogen-bond donors (Lipinski definition) is 2. The predicted octanol–water partition coefficient (Wildman–Crippen LogP) is 6.85. The molecule has 0 heterocycles. The highest BCUT2D eigenvalue weighted by Crippen LogP contribution is 2.78. The number of carbonyl (C=O) groups excluding carboxylic acids is 2. The van der Waals surface area contributed by atoms with Crippen LogP contribution in [0.3, 0.4) is 0 Å². The van der Waals surface area contributed by atoms with Gasteiger partial charge in [-0.15, -0.1) is 0 Å². The number of Topliss-reactive ketones (excluding diaryl/α,β-unsaturated/α-hetero) is 1. The van der Waals surface area contributed by atoms with Gasteiger partial charge in [-0.2, -0.15) is 0 Å². The van der Waals surface area contributed by atoms with E-state index in [4.69, 9.17) is 14.2 Å². The van der Waals surface area contributed by atoms with E-state index in [0.717, 1.165) is 68.9 Å². The summed E-state index contributed by atoms with van der Waals surface area (Å²) in [5, 5.41) is 24.1. The van der Waals surface area contributed by atoms with E-state index in [-0.39, 0.29) is 53.6 Å². The zero-order valence-electron chi connectivity index (χ0n) is 31.7. The molecule has 51 heavy (non-hydrogen) atoms. The first-order valence-electron chi connectivity index (χ1n) is 19.8. The molecule has 0 saturated heterocycles. The predicted molar refractivity (Wildman–Crippen MR) is 196 cm³/mol. The molecule has 0 aliphatic heterocycles. The molecule has 280 valence electrons. The third-order valence-electron chi connectivity index (χ3n) is 15.3. The second kappa shape index (κ2) is 13.6. The Labute approximate surface area is 305 Å². The number of ketones is 1. The highest BCUT2D eigenvalue weighted by atomic mass is 16.5. The maximum absolute atomic E-state index is 14.9. The molecule has 7 aliphatic carbocycles. The van der Waals surface area contributed by atoms with E-state index < -0.39 is 16.4 Å². The van der Waals surface area contributed by atoms with Crippen LogP contribution in [0.5, 0.6) is 11.5 Å². The van der Waals surface area contributed by atoms with Crippen LogP contribution in [0.2, 0.25) is 0 Å². The number of allylic oxidation sites excluding steroid dienone is 4. The van der Waals surface area contributed by atoms with Crippen LogP contribution in [0.1, 0.15) is 103 Å². The van der Waals surface area contributed by atoms with Crippen molar-refractivity contribution < 1.29 is 34.0 Å². The van der Waals surface area contributed by atoms with Gasteiger partial charge in [-0.3, -0.25) is 9.59 Å². The molecule has 2 N–H and O–H groups in total. The Morgan fingerprint density at radius 1 is 0.882 bits per heavy atom. The Kier molecular flexibility index (Phi) is 9.80. The summed E-state index contributed by atoms with van der Waals surface area (Å²) in [6.45, 7) is 5.98. The first-order valence-corrected chi connectivity index (χ1v) is 19.8. The van der Waals surface area contributed by atoms with Gasteiger partial charge in [0.1, 0.15) is 0 Å². The first-order chi connectivity index (χ1) is 24.4. The summed E-state index contributed by atoms with van der Waals surface area (Å²) in [5.74, 6) is 1.91. The smallest absolute Gasteiger partial charge is 0.227 e. The summed E-state index contributed by atoms with van der Waals surface area (Å²) in [6.07, 6.45) is 18.6. The molecule has 7 aliphatic rings. The largest absolute Gasteiger partial charge is 0.493 e. The monoisotopic (exact) mass is 703 g/mol. The van der Waals surface area contributed by atoms with Crippen molar-refractivity contribution in [1.29, 1.82) is 0 Å². The summed E-state index contributed by atoms with van der Waals surface area (Å²) in [4.78, 5) is 30.9. The molecule has 2 spiro atoms. The fourth-order valence-electron chi connectivity index (χ4n) is 12.5. The molecule has 8 rings (SSSR count). The number of benzene rings is 1. The van der Waals surface area contributed by atoms with Crippen LogP contribution in [0.15, 0.2) is 42.0 Å². The maximum Gasteiger partial charge on any atom is 0.227 e. The molecular formula is C43H61NO7. The average Bonchev–Trinajstić information content (AvgIpc) is 3.41. The molecule has 0 radical (unpaired) electrons. The molecule has 8 nitrogen and oxygen atoms in total. The van der Waals surface area contributed by atoms with Crippen LogP contribution < -0.4 is 9.47 Å². The van der Waals surface area contributed by atoms with Crippen molar-refractivity contribution in [3.63, 3.8) is 0 Å². The number of aliphatic hydroxyl groups excluding tert-OH is 1. The van der Waals surface area contributed by atoms with E-state index in [1.807, 2.05) is 23.1 Å². The van der Waals surface area contributed by atoms with Crippen molar-refractivity contribution in [3.05, 3.63) is 47.6 Å². The standard InChI is InChI=1S/C43H61NO7/c1-39-17-14-31(45)26-41(39)20-21-43(32(27-41)38(47)30-10-7-6-8-11-30)35(39)15-18-40(2)36(43)16-19-42(40,48)28-44(22-9-23-49-3)37(46)25-29-12-13-33(50-4)34(24-29)51-5/h12-13,20-21,24,27,30-31,35-36,45,48H,6-11,14-19,22-23,25-26,28H2,1-5H3. The second-order valence-electron chi connectivity index (χ2n) is 17.5. The minimum Gasteiger partial charge on any atom is -0.493 e. The number of aliphatic hydroxyl groups is 2. The third-order valence-corrected chi connectivity index (χ3v) is 15.3. The van der Waals surface area contributed by atoms with Crippen molar-refractivity contribution in [2.24, 2.45) is 39.4 Å². The fourth-order valence-corrected chi connectivity index (χ4v) is 12.5. The average molecular weight is 704 g/mol. The molecule has 8 unspecified atom stereocenters. The van der Waals surface area contributed by atoms with Crippen molar-refractivity contribution >= 4 is 11.7 Å². The van der Waals surface area contributed by atoms with Gasteiger partial charge in [0.05, 0.1) is 32.3 Å². The van der Waals surface area contributed by atoms with Crippen molar-refractivity contribution in [1.82, 2.24) is 4.90 Å². The number of rotatable bonds is 12. The van der Waals surface area contributed by atoms with Gasteiger partial charge in [0.2, 0.25) is 5.91 Å². The van der Waals surface area contributed by atoms with Gasteiger partial charge in [0, 0.05) is 54.5 Å². The van der Waals surface area contributed by atoms with Crippen LogP contribution in [-0.4, -0.2) is 79.5 Å². The Hall–Kier alpha value is -2.68. The van der Waals surface area contributed by atoms with E-state index in [2.05, 4.69) is 32.1 Å². The number of nitrogens with zero attached hydrogens (tertiary/aromatic N) is 1. The Morgan fingerprint density at radius 3 is 2.31 bits per heavy atom. The number of fused-ring (bicyclic) bond motifs is 1. The van der Waals surface area contributed by atoms with E-state index in [0.29, 0.717) is 49.7 Å². The first kappa shape index (κ1) is 36.7. The highest BCUT2D eigenvalue weighted by molar-refractivity contribution is 6.00. The van der Waals surface area contributed by atoms with Crippen LogP contribution in [-0.2, 0) is 20.7 Å². The van der Waals surface area contributed by atoms with Gasteiger partial charge in [0.15, 0.2) is 17.3 Å². The number of methoxy groups -OCH3 is 3. The molecule has 4 fully saturated rings. The summed E-state index contributed by atoms with van der Waals surface area (Å²) in [5.41, 5.74) is -0.596. The van der Waals surface area contributed by atoms with Crippen LogP contribution in [0.25, 0.3) is 0 Å². The summed E-state index contributed by atoms with van der Waals surface area (Å²) >= 11 is 0. The molecule has 1 amide bonds. The minimum atomic E-state index is -1.11. The normalized spacial score (nSPS) is 38.3. The van der Waals surface area contributed by atoms with Gasteiger partial charge >= 0.3 is 0 Å². The number of carbonyl (C=O) groups is 2. The van der Waals surface area contributed by atoms with E-state index >= 15 is 0 Å². The third kappa shape index (κ3) is 5.64. The maximum atomic E-state index is 14.9. The molecule has 2 bridgehead atoms. The minimum absolute atomic E-state index is 0.0352. The SMILES string of the molecule is COCCCN(CC1(O)CCC2C34C=CC5(C=C3C(=O)C3CCCCC3)CC(O)CCC5(C)C4CCC21C)C(=O)Cc1ccc(OC)c(OC)c1. The molecule has 4 saturated carbocycles. The van der Waals surface area contributed by atoms with Crippen LogP contribution in [0, 0.1) is 39.4 Å². The van der Waals surface area contributed by atoms with E-state index in [9.17, 15) is 19.8 Å². The lowest BCUT2D eigenvalue weighted by Gasteiger charge is -2.71. The zero-order chi connectivity index (χ0) is 36.2. The van der Waals surface area contributed by atoms with Crippen molar-refractivity contribution in [3.8, 4) is 11.5 Å². The Morgan fingerprint density at radius 2 is 1.59 bits per heavy atom. The second-order valence-corrected chi connectivity index (χ2v) is 17.5. The van der Waals surface area contributed by atoms with Crippen LogP contribution in [0.4, 0.5) is 0 Å². The molecule has 8 atom stereocenters. The number of amides is 1. The molecule has 1 aromatic carbocycles. The van der Waals surface area contributed by atoms with Gasteiger partial charge < -0.3 is 29.3 Å². The summed E-state index contributed by atoms with van der Waals surface area (Å²) < 4.78 is 16.3. The number of hydrogen-bond acceptors (Lipinski definition) is 7. The molecule has 0 aromatic heterocycles. The van der Waals surface area contributed by atoms with E-state index in [1.54, 1.807) is 21.3 Å². The van der Waals surface area contributed by atoms with Gasteiger partial charge in [-0.05, 0) is 99.2 Å². The topological polar surface area (TPSA) is 106 Å². The van der Waals surface area contributed by atoms with Gasteiger partial charge in [-0.25, -0.2) is 0 Å². The van der Waals surface area contributed by atoms with E-state index in [1.165, 1.54) is 6.42 Å². The quantitative estimate of drug-likeness (QED) is 0.181. The van der Waals surface area contributed by atoms with Crippen molar-refractivity contribution in [2.75, 3.05) is 41.0 Å². The van der Waals surface area contributed by atoms with Crippen LogP contribution >= 0.6 is 0 Å². The molecular weight excluding hydrogens is 642 g/mol. The Balaban J connectivity index is 1.23. The van der Waals surface area contributed by atoms with Gasteiger partial charge in [-0.1, -0.05) is 57.4 Å². The van der Waals surface area contributed by atoms with Crippen molar-refractivity contribution in [2.45, 2.75) is 115 Å². The fraction of sp³-hybridized carbons (Fsp3) is 0.721. The molecule has 8 heteroatoms. The molecule has 1 aromatic rings. The summed E-state index contributed by atoms with van der Waals surface area (Å²) in [6, 6.07) is 5.58. The zero-order valence-corrected chi connectivity index (χ0v) is 31.7. The summed E-state index contributed by atoms with van der Waals surface area (Å²) in [7, 11) is 4.87.